The van der Waals surface area contributed by atoms with Crippen LogP contribution in [0.1, 0.15) is 5.56 Å². The van der Waals surface area contributed by atoms with Crippen LogP contribution in [0.5, 0.6) is 11.8 Å². The molecule has 17 heavy (non-hydrogen) atoms. The number of hydrogen-bond acceptors (Lipinski definition) is 3. The van der Waals surface area contributed by atoms with Crippen molar-refractivity contribution in [1.82, 2.24) is 9.13 Å². The van der Waals surface area contributed by atoms with Gasteiger partial charge in [0.25, 0.3) is 11.8 Å². The van der Waals surface area contributed by atoms with Crippen LogP contribution in [-0.2, 0) is 13.6 Å². The van der Waals surface area contributed by atoms with Crippen molar-refractivity contribution in [3.63, 3.8) is 0 Å². The largest absolute Gasteiger partial charge is 0.491 e. The predicted molar refractivity (Wildman–Crippen MR) is 63.4 cm³/mol. The number of rotatable bonds is 3. The molecule has 0 radical (unpaired) electrons. The van der Waals surface area contributed by atoms with Crippen molar-refractivity contribution in [1.29, 1.82) is 0 Å². The molecule has 2 aromatic rings. The molecule has 0 amide bonds. The highest BCUT2D eigenvalue weighted by atomic mass is 16.5. The molecule has 1 aromatic heterocycles. The van der Waals surface area contributed by atoms with Crippen molar-refractivity contribution >= 4 is 0 Å². The minimum atomic E-state index is -0.303. The van der Waals surface area contributed by atoms with Gasteiger partial charge >= 0.3 is 5.69 Å². The Bertz CT molecular complexity index is 569. The summed E-state index contributed by atoms with van der Waals surface area (Å²) in [7, 11) is 2.93. The lowest BCUT2D eigenvalue weighted by Gasteiger charge is -2.05. The zero-order chi connectivity index (χ0) is 12.4. The zero-order valence-corrected chi connectivity index (χ0v) is 9.75. The molecule has 1 heterocycles. The number of ether oxygens (including phenoxy) is 1. The van der Waals surface area contributed by atoms with Crippen molar-refractivity contribution in [2.75, 3.05) is 7.11 Å². The second kappa shape index (κ2) is 4.37. The summed E-state index contributed by atoms with van der Waals surface area (Å²) in [6.45, 7) is 0.372. The van der Waals surface area contributed by atoms with Gasteiger partial charge in [-0.15, -0.1) is 0 Å². The monoisotopic (exact) mass is 234 g/mol. The highest BCUT2D eigenvalue weighted by molar-refractivity contribution is 5.28. The van der Waals surface area contributed by atoms with Crippen LogP contribution in [0.15, 0.2) is 35.1 Å². The van der Waals surface area contributed by atoms with Crippen LogP contribution < -0.4 is 10.4 Å². The molecule has 0 aliphatic carbocycles. The van der Waals surface area contributed by atoms with E-state index in [-0.39, 0.29) is 17.4 Å². The number of benzene rings is 1. The third-order valence-corrected chi connectivity index (χ3v) is 2.65. The van der Waals surface area contributed by atoms with Crippen LogP contribution >= 0.6 is 0 Å². The second-order valence-electron chi connectivity index (χ2n) is 3.75. The fraction of sp³-hybridized carbons (Fsp3) is 0.250. The third kappa shape index (κ3) is 1.91. The van der Waals surface area contributed by atoms with E-state index >= 15 is 0 Å². The number of hydrogen-bond donors (Lipinski definition) is 1. The summed E-state index contributed by atoms with van der Waals surface area (Å²) in [5.74, 6) is 0.0229. The first-order chi connectivity index (χ1) is 8.15. The lowest BCUT2D eigenvalue weighted by molar-refractivity contribution is 0.337. The van der Waals surface area contributed by atoms with Gasteiger partial charge in [-0.25, -0.2) is 4.79 Å². The van der Waals surface area contributed by atoms with Gasteiger partial charge in [0.15, 0.2) is 0 Å². The summed E-state index contributed by atoms with van der Waals surface area (Å²) in [6.07, 6.45) is 0. The van der Waals surface area contributed by atoms with Gasteiger partial charge in [-0.2, -0.15) is 0 Å². The molecule has 0 saturated heterocycles. The molecule has 0 atom stereocenters. The standard InChI is InChI=1S/C12H14N2O3/c1-13-10(15)11(17-2)14(12(13)16)8-9-6-4-3-5-7-9/h3-7,15H,8H2,1-2H3. The first-order valence-corrected chi connectivity index (χ1v) is 5.21. The molecule has 1 aromatic carbocycles. The molecule has 5 nitrogen and oxygen atoms in total. The first-order valence-electron chi connectivity index (χ1n) is 5.21. The second-order valence-corrected chi connectivity index (χ2v) is 3.75. The maximum atomic E-state index is 11.9. The summed E-state index contributed by atoms with van der Waals surface area (Å²) >= 11 is 0. The summed E-state index contributed by atoms with van der Waals surface area (Å²) in [5.41, 5.74) is 0.668. The van der Waals surface area contributed by atoms with E-state index in [9.17, 15) is 9.90 Å². The Hall–Kier alpha value is -2.17. The van der Waals surface area contributed by atoms with E-state index in [4.69, 9.17) is 4.74 Å². The number of aromatic nitrogens is 2. The molecule has 0 aliphatic heterocycles. The molecule has 0 saturated carbocycles. The van der Waals surface area contributed by atoms with Crippen LogP contribution in [0.25, 0.3) is 0 Å². The van der Waals surface area contributed by atoms with Crippen molar-refractivity contribution in [3.05, 3.63) is 46.4 Å². The summed E-state index contributed by atoms with van der Waals surface area (Å²) in [5, 5.41) is 9.69. The maximum Gasteiger partial charge on any atom is 0.333 e. The van der Waals surface area contributed by atoms with E-state index in [1.165, 1.54) is 18.7 Å². The molecular weight excluding hydrogens is 220 g/mol. The molecule has 0 fully saturated rings. The minimum Gasteiger partial charge on any atom is -0.491 e. The van der Waals surface area contributed by atoms with Crippen LogP contribution in [0.4, 0.5) is 0 Å². The van der Waals surface area contributed by atoms with Gasteiger partial charge in [0.05, 0.1) is 13.7 Å². The van der Waals surface area contributed by atoms with Crippen LogP contribution in [0.2, 0.25) is 0 Å². The van der Waals surface area contributed by atoms with E-state index < -0.39 is 0 Å². The summed E-state index contributed by atoms with van der Waals surface area (Å²) < 4.78 is 7.59. The Labute approximate surface area is 98.5 Å². The predicted octanol–water partition coefficient (Wildman–Crippen LogP) is 0.949. The van der Waals surface area contributed by atoms with Crippen molar-refractivity contribution < 1.29 is 9.84 Å². The molecule has 0 aliphatic rings. The van der Waals surface area contributed by atoms with Gasteiger partial charge in [-0.3, -0.25) is 9.13 Å². The average molecular weight is 234 g/mol. The fourth-order valence-corrected chi connectivity index (χ4v) is 1.73. The van der Waals surface area contributed by atoms with E-state index in [1.54, 1.807) is 0 Å². The molecule has 0 bridgehead atoms. The maximum absolute atomic E-state index is 11.9. The Morgan fingerprint density at radius 3 is 2.53 bits per heavy atom. The van der Waals surface area contributed by atoms with Crippen LogP contribution in [-0.4, -0.2) is 21.4 Å². The fourth-order valence-electron chi connectivity index (χ4n) is 1.73. The number of imidazole rings is 1. The Balaban J connectivity index is 2.46. The van der Waals surface area contributed by atoms with Crippen molar-refractivity contribution in [2.24, 2.45) is 7.05 Å². The Kier molecular flexibility index (Phi) is 2.91. The minimum absolute atomic E-state index is 0.159. The Morgan fingerprint density at radius 1 is 1.29 bits per heavy atom. The van der Waals surface area contributed by atoms with E-state index in [0.717, 1.165) is 10.1 Å². The highest BCUT2D eigenvalue weighted by Crippen LogP contribution is 2.23. The normalized spacial score (nSPS) is 10.5. The van der Waals surface area contributed by atoms with E-state index in [2.05, 4.69) is 0 Å². The molecular formula is C12H14N2O3. The van der Waals surface area contributed by atoms with Gasteiger partial charge in [-0.05, 0) is 5.56 Å². The van der Waals surface area contributed by atoms with Crippen LogP contribution in [0, 0.1) is 0 Å². The van der Waals surface area contributed by atoms with Crippen molar-refractivity contribution in [2.45, 2.75) is 6.54 Å². The average Bonchev–Trinajstić information content (AvgIpc) is 2.55. The number of aromatic hydroxyl groups is 1. The zero-order valence-electron chi connectivity index (χ0n) is 9.75. The van der Waals surface area contributed by atoms with Gasteiger partial charge < -0.3 is 9.84 Å². The highest BCUT2D eigenvalue weighted by Gasteiger charge is 2.17. The summed E-state index contributed by atoms with van der Waals surface area (Å²) in [4.78, 5) is 11.9. The molecule has 90 valence electrons. The van der Waals surface area contributed by atoms with E-state index in [1.807, 2.05) is 30.3 Å². The SMILES string of the molecule is COc1c(O)n(C)c(=O)n1Cc1ccccc1. The topological polar surface area (TPSA) is 56.4 Å². The Morgan fingerprint density at radius 2 is 1.94 bits per heavy atom. The van der Waals surface area contributed by atoms with Gasteiger partial charge in [0, 0.05) is 7.05 Å². The number of methoxy groups -OCH3 is 1. The van der Waals surface area contributed by atoms with Gasteiger partial charge in [-0.1, -0.05) is 30.3 Å². The third-order valence-electron chi connectivity index (χ3n) is 2.65. The van der Waals surface area contributed by atoms with Gasteiger partial charge in [0.1, 0.15) is 0 Å². The molecule has 0 spiro atoms. The first kappa shape index (κ1) is 11.3. The molecule has 5 heteroatoms. The summed E-state index contributed by atoms with van der Waals surface area (Å²) in [6, 6.07) is 9.53. The quantitative estimate of drug-likeness (QED) is 0.860. The lowest BCUT2D eigenvalue weighted by Crippen LogP contribution is -2.23. The number of nitrogens with zero attached hydrogens (tertiary/aromatic N) is 2. The lowest BCUT2D eigenvalue weighted by atomic mass is 10.2. The molecule has 2 rings (SSSR count). The van der Waals surface area contributed by atoms with E-state index in [0.29, 0.717) is 6.54 Å². The smallest absolute Gasteiger partial charge is 0.333 e. The van der Waals surface area contributed by atoms with Crippen molar-refractivity contribution in [3.8, 4) is 11.8 Å². The van der Waals surface area contributed by atoms with Crippen LogP contribution in [0.3, 0.4) is 0 Å². The van der Waals surface area contributed by atoms with Gasteiger partial charge in [0.2, 0.25) is 0 Å². The molecule has 0 unspecified atom stereocenters. The molecule has 1 N–H and O–H groups in total.